The first-order chi connectivity index (χ1) is 10.2. The van der Waals surface area contributed by atoms with Crippen molar-refractivity contribution in [2.45, 2.75) is 13.1 Å². The molecule has 2 aromatic rings. The lowest BCUT2D eigenvalue weighted by Crippen LogP contribution is -2.14. The molecule has 0 aliphatic heterocycles. The Morgan fingerprint density at radius 2 is 1.71 bits per heavy atom. The van der Waals surface area contributed by atoms with Gasteiger partial charge in [0.15, 0.2) is 0 Å². The molecule has 0 spiro atoms. The summed E-state index contributed by atoms with van der Waals surface area (Å²) in [6, 6.07) is 10.9. The summed E-state index contributed by atoms with van der Waals surface area (Å²) in [6.45, 7) is 1.03. The van der Waals surface area contributed by atoms with Crippen molar-refractivity contribution in [2.75, 3.05) is 13.2 Å². The van der Waals surface area contributed by atoms with Crippen LogP contribution in [-0.2, 0) is 13.1 Å². The van der Waals surface area contributed by atoms with Gasteiger partial charge in [-0.1, -0.05) is 18.2 Å². The van der Waals surface area contributed by atoms with Gasteiger partial charge in [-0.15, -0.1) is 0 Å². The summed E-state index contributed by atoms with van der Waals surface area (Å²) in [5, 5.41) is 11.9. The highest BCUT2D eigenvalue weighted by molar-refractivity contribution is 5.33. The van der Waals surface area contributed by atoms with Gasteiger partial charge in [-0.05, 0) is 23.8 Å². The first kappa shape index (κ1) is 15.4. The molecule has 2 N–H and O–H groups in total. The summed E-state index contributed by atoms with van der Waals surface area (Å²) < 4.78 is 31.6. The SMILES string of the molecule is OCCOc1ccccc1CNCc1cc(F)cc(F)c1. The Kier molecular flexibility index (Phi) is 5.66. The minimum Gasteiger partial charge on any atom is -0.491 e. The second-order valence-electron chi connectivity index (χ2n) is 4.56. The van der Waals surface area contributed by atoms with Crippen molar-refractivity contribution in [3.8, 4) is 5.75 Å². The Balaban J connectivity index is 1.94. The van der Waals surface area contributed by atoms with Gasteiger partial charge in [-0.25, -0.2) is 8.78 Å². The van der Waals surface area contributed by atoms with E-state index in [0.717, 1.165) is 11.6 Å². The average Bonchev–Trinajstić information content (AvgIpc) is 2.45. The number of para-hydroxylation sites is 1. The molecule has 0 radical (unpaired) electrons. The highest BCUT2D eigenvalue weighted by Crippen LogP contribution is 2.17. The summed E-state index contributed by atoms with van der Waals surface area (Å²) in [4.78, 5) is 0. The van der Waals surface area contributed by atoms with Gasteiger partial charge in [0.05, 0.1) is 6.61 Å². The van der Waals surface area contributed by atoms with Crippen LogP contribution in [0, 0.1) is 11.6 Å². The molecule has 0 saturated heterocycles. The molecule has 0 saturated carbocycles. The largest absolute Gasteiger partial charge is 0.491 e. The lowest BCUT2D eigenvalue weighted by molar-refractivity contribution is 0.200. The molecule has 5 heteroatoms. The van der Waals surface area contributed by atoms with E-state index in [1.807, 2.05) is 24.3 Å². The Morgan fingerprint density at radius 3 is 2.43 bits per heavy atom. The van der Waals surface area contributed by atoms with Crippen LogP contribution in [0.2, 0.25) is 0 Å². The summed E-state index contributed by atoms with van der Waals surface area (Å²) >= 11 is 0. The molecule has 0 bridgehead atoms. The van der Waals surface area contributed by atoms with Crippen LogP contribution in [0.3, 0.4) is 0 Å². The fraction of sp³-hybridized carbons (Fsp3) is 0.250. The molecule has 2 aromatic carbocycles. The molecule has 0 unspecified atom stereocenters. The van der Waals surface area contributed by atoms with E-state index in [2.05, 4.69) is 5.32 Å². The number of rotatable bonds is 7. The number of benzene rings is 2. The fourth-order valence-electron chi connectivity index (χ4n) is 2.00. The monoisotopic (exact) mass is 293 g/mol. The molecular weight excluding hydrogens is 276 g/mol. The van der Waals surface area contributed by atoms with Gasteiger partial charge in [-0.3, -0.25) is 0 Å². The van der Waals surface area contributed by atoms with E-state index in [9.17, 15) is 8.78 Å². The van der Waals surface area contributed by atoms with Crippen LogP contribution in [0.1, 0.15) is 11.1 Å². The molecule has 21 heavy (non-hydrogen) atoms. The van der Waals surface area contributed by atoms with Crippen molar-refractivity contribution in [1.29, 1.82) is 0 Å². The molecule has 2 rings (SSSR count). The van der Waals surface area contributed by atoms with Gasteiger partial charge < -0.3 is 15.2 Å². The maximum Gasteiger partial charge on any atom is 0.126 e. The standard InChI is InChI=1S/C16H17F2NO2/c17-14-7-12(8-15(18)9-14)10-19-11-13-3-1-2-4-16(13)21-6-5-20/h1-4,7-9,19-20H,5-6,10-11H2. The highest BCUT2D eigenvalue weighted by Gasteiger charge is 2.04. The first-order valence-corrected chi connectivity index (χ1v) is 6.66. The molecule has 0 heterocycles. The van der Waals surface area contributed by atoms with Gasteiger partial charge >= 0.3 is 0 Å². The van der Waals surface area contributed by atoms with E-state index in [1.54, 1.807) is 0 Å². The maximum atomic E-state index is 13.1. The number of hydrogen-bond acceptors (Lipinski definition) is 3. The fourth-order valence-corrected chi connectivity index (χ4v) is 2.00. The third-order valence-electron chi connectivity index (χ3n) is 2.89. The number of hydrogen-bond donors (Lipinski definition) is 2. The average molecular weight is 293 g/mol. The molecule has 3 nitrogen and oxygen atoms in total. The van der Waals surface area contributed by atoms with E-state index in [4.69, 9.17) is 9.84 Å². The van der Waals surface area contributed by atoms with E-state index in [-0.39, 0.29) is 13.2 Å². The van der Waals surface area contributed by atoms with Crippen LogP contribution in [0.15, 0.2) is 42.5 Å². The van der Waals surface area contributed by atoms with Gasteiger partial charge in [0.2, 0.25) is 0 Å². The van der Waals surface area contributed by atoms with Crippen LogP contribution < -0.4 is 10.1 Å². The van der Waals surface area contributed by atoms with Gasteiger partial charge in [-0.2, -0.15) is 0 Å². The zero-order valence-corrected chi connectivity index (χ0v) is 11.5. The number of ether oxygens (including phenoxy) is 1. The van der Waals surface area contributed by atoms with Gasteiger partial charge in [0, 0.05) is 24.7 Å². The van der Waals surface area contributed by atoms with Crippen LogP contribution in [0.4, 0.5) is 8.78 Å². The minimum atomic E-state index is -0.585. The number of aliphatic hydroxyl groups is 1. The summed E-state index contributed by atoms with van der Waals surface area (Å²) in [7, 11) is 0. The Labute approximate surface area is 122 Å². The van der Waals surface area contributed by atoms with Gasteiger partial charge in [0.1, 0.15) is 24.0 Å². The maximum absolute atomic E-state index is 13.1. The molecule has 0 amide bonds. The predicted molar refractivity (Wildman–Crippen MR) is 75.9 cm³/mol. The van der Waals surface area contributed by atoms with Crippen molar-refractivity contribution in [3.05, 3.63) is 65.2 Å². The lowest BCUT2D eigenvalue weighted by atomic mass is 10.2. The predicted octanol–water partition coefficient (Wildman–Crippen LogP) is 2.63. The van der Waals surface area contributed by atoms with Crippen molar-refractivity contribution in [2.24, 2.45) is 0 Å². The van der Waals surface area contributed by atoms with Crippen LogP contribution >= 0.6 is 0 Å². The van der Waals surface area contributed by atoms with Crippen LogP contribution in [-0.4, -0.2) is 18.3 Å². The Morgan fingerprint density at radius 1 is 1.00 bits per heavy atom. The third-order valence-corrected chi connectivity index (χ3v) is 2.89. The van der Waals surface area contributed by atoms with Crippen molar-refractivity contribution in [1.82, 2.24) is 5.32 Å². The molecule has 0 aliphatic carbocycles. The van der Waals surface area contributed by atoms with E-state index >= 15 is 0 Å². The summed E-state index contributed by atoms with van der Waals surface area (Å²) in [6.07, 6.45) is 0. The molecule has 0 fully saturated rings. The Hall–Kier alpha value is -1.98. The normalized spacial score (nSPS) is 10.6. The molecule has 0 atom stereocenters. The lowest BCUT2D eigenvalue weighted by Gasteiger charge is -2.11. The zero-order chi connectivity index (χ0) is 15.1. The number of nitrogens with one attached hydrogen (secondary N) is 1. The topological polar surface area (TPSA) is 41.5 Å². The molecule has 112 valence electrons. The minimum absolute atomic E-state index is 0.0513. The summed E-state index contributed by atoms with van der Waals surface area (Å²) in [5.74, 6) is -0.485. The molecule has 0 aromatic heterocycles. The second kappa shape index (κ2) is 7.71. The molecular formula is C16H17F2NO2. The van der Waals surface area contributed by atoms with E-state index in [0.29, 0.717) is 24.4 Å². The van der Waals surface area contributed by atoms with Crippen molar-refractivity contribution < 1.29 is 18.6 Å². The summed E-state index contributed by atoms with van der Waals surface area (Å²) in [5.41, 5.74) is 1.46. The number of aliphatic hydroxyl groups excluding tert-OH is 1. The van der Waals surface area contributed by atoms with Crippen molar-refractivity contribution in [3.63, 3.8) is 0 Å². The van der Waals surface area contributed by atoms with Gasteiger partial charge in [0.25, 0.3) is 0 Å². The number of halogens is 2. The Bertz CT molecular complexity index is 570. The van der Waals surface area contributed by atoms with Crippen LogP contribution in [0.5, 0.6) is 5.75 Å². The zero-order valence-electron chi connectivity index (χ0n) is 11.5. The highest BCUT2D eigenvalue weighted by atomic mass is 19.1. The molecule has 0 aliphatic rings. The first-order valence-electron chi connectivity index (χ1n) is 6.66. The quantitative estimate of drug-likeness (QED) is 0.824. The third kappa shape index (κ3) is 4.81. The second-order valence-corrected chi connectivity index (χ2v) is 4.56. The smallest absolute Gasteiger partial charge is 0.126 e. The van der Waals surface area contributed by atoms with E-state index < -0.39 is 11.6 Å². The van der Waals surface area contributed by atoms with Crippen molar-refractivity contribution >= 4 is 0 Å². The van der Waals surface area contributed by atoms with E-state index in [1.165, 1.54) is 12.1 Å². The van der Waals surface area contributed by atoms with Crippen LogP contribution in [0.25, 0.3) is 0 Å².